The van der Waals surface area contributed by atoms with Crippen molar-refractivity contribution in [1.29, 1.82) is 0 Å². The molecule has 1 heterocycles. The molecule has 0 radical (unpaired) electrons. The maximum atomic E-state index is 6.14. The normalized spacial score (nSPS) is 26.3. The first kappa shape index (κ1) is 12.9. The number of morpholine rings is 1. The molecule has 2 aliphatic rings. The Morgan fingerprint density at radius 3 is 2.79 bits per heavy atom. The van der Waals surface area contributed by atoms with E-state index in [0.717, 1.165) is 18.9 Å². The van der Waals surface area contributed by atoms with Crippen LogP contribution in [0.25, 0.3) is 0 Å². The van der Waals surface area contributed by atoms with Crippen molar-refractivity contribution in [2.75, 3.05) is 20.3 Å². The van der Waals surface area contributed by atoms with E-state index in [-0.39, 0.29) is 11.6 Å². The van der Waals surface area contributed by atoms with E-state index < -0.39 is 0 Å². The SMILES string of the molecule is COc1cccc(C2CNC3(CCCCC3)CO2)c1. The van der Waals surface area contributed by atoms with Gasteiger partial charge in [0.2, 0.25) is 0 Å². The van der Waals surface area contributed by atoms with E-state index in [4.69, 9.17) is 9.47 Å². The maximum absolute atomic E-state index is 6.14. The van der Waals surface area contributed by atoms with Gasteiger partial charge in [-0.05, 0) is 30.5 Å². The van der Waals surface area contributed by atoms with Crippen LogP contribution >= 0.6 is 0 Å². The number of hydrogen-bond donors (Lipinski definition) is 1. The van der Waals surface area contributed by atoms with Gasteiger partial charge in [-0.15, -0.1) is 0 Å². The van der Waals surface area contributed by atoms with Crippen LogP contribution in [0.2, 0.25) is 0 Å². The Morgan fingerprint density at radius 2 is 2.11 bits per heavy atom. The third-order valence-electron chi connectivity index (χ3n) is 4.50. The number of nitrogens with one attached hydrogen (secondary N) is 1. The van der Waals surface area contributed by atoms with Gasteiger partial charge in [-0.25, -0.2) is 0 Å². The van der Waals surface area contributed by atoms with Crippen molar-refractivity contribution in [3.05, 3.63) is 29.8 Å². The van der Waals surface area contributed by atoms with Gasteiger partial charge in [0.15, 0.2) is 0 Å². The molecule has 1 aliphatic heterocycles. The molecule has 0 amide bonds. The van der Waals surface area contributed by atoms with Gasteiger partial charge in [0, 0.05) is 12.1 Å². The molecule has 3 nitrogen and oxygen atoms in total. The van der Waals surface area contributed by atoms with Crippen molar-refractivity contribution < 1.29 is 9.47 Å². The molecule has 104 valence electrons. The van der Waals surface area contributed by atoms with Crippen LogP contribution in [0.5, 0.6) is 5.75 Å². The fraction of sp³-hybridized carbons (Fsp3) is 0.625. The van der Waals surface area contributed by atoms with Crippen LogP contribution in [0.3, 0.4) is 0 Å². The fourth-order valence-corrected chi connectivity index (χ4v) is 3.28. The van der Waals surface area contributed by atoms with Crippen molar-refractivity contribution in [2.45, 2.75) is 43.7 Å². The topological polar surface area (TPSA) is 30.5 Å². The summed E-state index contributed by atoms with van der Waals surface area (Å²) in [5.74, 6) is 0.902. The lowest BCUT2D eigenvalue weighted by Crippen LogP contribution is -2.55. The summed E-state index contributed by atoms with van der Waals surface area (Å²) < 4.78 is 11.4. The Labute approximate surface area is 115 Å². The highest BCUT2D eigenvalue weighted by Crippen LogP contribution is 2.34. The number of ether oxygens (including phenoxy) is 2. The highest BCUT2D eigenvalue weighted by molar-refractivity contribution is 5.30. The van der Waals surface area contributed by atoms with Gasteiger partial charge in [-0.1, -0.05) is 31.4 Å². The Morgan fingerprint density at radius 1 is 1.26 bits per heavy atom. The van der Waals surface area contributed by atoms with Gasteiger partial charge < -0.3 is 14.8 Å². The predicted octanol–water partition coefficient (Wildman–Crippen LogP) is 3.06. The van der Waals surface area contributed by atoms with Crippen molar-refractivity contribution in [1.82, 2.24) is 5.32 Å². The zero-order valence-electron chi connectivity index (χ0n) is 11.7. The zero-order valence-corrected chi connectivity index (χ0v) is 11.7. The molecule has 0 bridgehead atoms. The van der Waals surface area contributed by atoms with Crippen LogP contribution in [0.15, 0.2) is 24.3 Å². The monoisotopic (exact) mass is 261 g/mol. The van der Waals surface area contributed by atoms with Gasteiger partial charge in [-0.2, -0.15) is 0 Å². The predicted molar refractivity (Wildman–Crippen MR) is 75.5 cm³/mol. The summed E-state index contributed by atoms with van der Waals surface area (Å²) in [6.07, 6.45) is 6.72. The summed E-state index contributed by atoms with van der Waals surface area (Å²) in [6.45, 7) is 1.75. The average molecular weight is 261 g/mol. The van der Waals surface area contributed by atoms with Crippen molar-refractivity contribution in [3.63, 3.8) is 0 Å². The van der Waals surface area contributed by atoms with E-state index in [0.29, 0.717) is 0 Å². The molecule has 1 aromatic rings. The Balaban J connectivity index is 1.65. The summed E-state index contributed by atoms with van der Waals surface area (Å²) in [5.41, 5.74) is 1.46. The molecule has 1 spiro atoms. The van der Waals surface area contributed by atoms with Crippen LogP contribution < -0.4 is 10.1 Å². The molecule has 3 rings (SSSR count). The smallest absolute Gasteiger partial charge is 0.119 e. The second-order valence-corrected chi connectivity index (χ2v) is 5.80. The number of hydrogen-bond acceptors (Lipinski definition) is 3. The van der Waals surface area contributed by atoms with E-state index in [1.165, 1.54) is 37.7 Å². The van der Waals surface area contributed by atoms with Gasteiger partial charge in [0.25, 0.3) is 0 Å². The van der Waals surface area contributed by atoms with Crippen LogP contribution in [-0.2, 0) is 4.74 Å². The second-order valence-electron chi connectivity index (χ2n) is 5.80. The van der Waals surface area contributed by atoms with E-state index in [9.17, 15) is 0 Å². The maximum Gasteiger partial charge on any atom is 0.119 e. The summed E-state index contributed by atoms with van der Waals surface area (Å²) in [4.78, 5) is 0. The molecule has 19 heavy (non-hydrogen) atoms. The first-order chi connectivity index (χ1) is 9.31. The number of rotatable bonds is 2. The van der Waals surface area contributed by atoms with Gasteiger partial charge in [0.05, 0.1) is 19.8 Å². The van der Waals surface area contributed by atoms with E-state index >= 15 is 0 Å². The standard InChI is InChI=1S/C16H23NO2/c1-18-14-7-5-6-13(10-14)15-11-17-16(12-19-15)8-3-2-4-9-16/h5-7,10,15,17H,2-4,8-9,11-12H2,1H3. The molecule has 1 atom stereocenters. The van der Waals surface area contributed by atoms with E-state index in [1.807, 2.05) is 12.1 Å². The molecule has 1 N–H and O–H groups in total. The zero-order chi connectivity index (χ0) is 13.1. The molecule has 1 unspecified atom stereocenters. The number of methoxy groups -OCH3 is 1. The molecule has 0 aromatic heterocycles. The largest absolute Gasteiger partial charge is 0.497 e. The third-order valence-corrected chi connectivity index (χ3v) is 4.50. The molecule has 2 fully saturated rings. The molecule has 3 heteroatoms. The highest BCUT2D eigenvalue weighted by atomic mass is 16.5. The third kappa shape index (κ3) is 2.77. The summed E-state index contributed by atoms with van der Waals surface area (Å²) in [7, 11) is 1.70. The molecule has 1 aliphatic carbocycles. The highest BCUT2D eigenvalue weighted by Gasteiger charge is 2.36. The Kier molecular flexibility index (Phi) is 3.76. The summed E-state index contributed by atoms with van der Waals surface area (Å²) >= 11 is 0. The van der Waals surface area contributed by atoms with Crippen LogP contribution in [0, 0.1) is 0 Å². The first-order valence-corrected chi connectivity index (χ1v) is 7.32. The van der Waals surface area contributed by atoms with Gasteiger partial charge in [0.1, 0.15) is 5.75 Å². The van der Waals surface area contributed by atoms with Gasteiger partial charge in [-0.3, -0.25) is 0 Å². The van der Waals surface area contributed by atoms with Crippen molar-refractivity contribution in [3.8, 4) is 5.75 Å². The average Bonchev–Trinajstić information content (AvgIpc) is 2.49. The van der Waals surface area contributed by atoms with E-state index in [1.54, 1.807) is 7.11 Å². The lowest BCUT2D eigenvalue weighted by atomic mass is 9.81. The fourth-order valence-electron chi connectivity index (χ4n) is 3.28. The Hall–Kier alpha value is -1.06. The molecule has 1 saturated heterocycles. The van der Waals surface area contributed by atoms with Crippen LogP contribution in [-0.4, -0.2) is 25.8 Å². The van der Waals surface area contributed by atoms with Gasteiger partial charge >= 0.3 is 0 Å². The quantitative estimate of drug-likeness (QED) is 0.887. The minimum Gasteiger partial charge on any atom is -0.497 e. The van der Waals surface area contributed by atoms with Crippen LogP contribution in [0.4, 0.5) is 0 Å². The number of benzene rings is 1. The minimum absolute atomic E-state index is 0.155. The van der Waals surface area contributed by atoms with Crippen molar-refractivity contribution >= 4 is 0 Å². The lowest BCUT2D eigenvalue weighted by molar-refractivity contribution is -0.0467. The lowest BCUT2D eigenvalue weighted by Gasteiger charge is -2.43. The molecule has 1 aromatic carbocycles. The minimum atomic E-state index is 0.155. The molecular formula is C16H23NO2. The second kappa shape index (κ2) is 5.51. The molecule has 1 saturated carbocycles. The summed E-state index contributed by atoms with van der Waals surface area (Å²) in [5, 5.41) is 3.75. The summed E-state index contributed by atoms with van der Waals surface area (Å²) in [6, 6.07) is 8.20. The first-order valence-electron chi connectivity index (χ1n) is 7.32. The van der Waals surface area contributed by atoms with Crippen LogP contribution in [0.1, 0.15) is 43.8 Å². The molecular weight excluding hydrogens is 238 g/mol. The van der Waals surface area contributed by atoms with Crippen molar-refractivity contribution in [2.24, 2.45) is 0 Å². The Bertz CT molecular complexity index is 417. The van der Waals surface area contributed by atoms with E-state index in [2.05, 4.69) is 17.4 Å².